The standard InChI is InChI=1S/C25H25F2N3O7S/c1-4-12-37-25(33)28(13-17-19(26)6-5-7-20(17)27)23-21(24(31)32)18(14-30(2,3)36)22(38-23)15-8-10-16(11-9-15)29(34)35/h5-11H,4,12-14H2,1-3H3,(H,31,32). The van der Waals surface area contributed by atoms with E-state index in [9.17, 15) is 38.8 Å². The highest BCUT2D eigenvalue weighted by Crippen LogP contribution is 2.44. The molecule has 0 unspecified atom stereocenters. The smallest absolute Gasteiger partial charge is 0.415 e. The van der Waals surface area contributed by atoms with Crippen molar-refractivity contribution in [3.63, 3.8) is 0 Å². The minimum absolute atomic E-state index is 0.0323. The first-order valence-corrected chi connectivity index (χ1v) is 12.2. The van der Waals surface area contributed by atoms with Crippen molar-refractivity contribution in [2.24, 2.45) is 0 Å². The molecule has 13 heteroatoms. The molecule has 10 nitrogen and oxygen atoms in total. The third-order valence-electron chi connectivity index (χ3n) is 5.35. The molecule has 0 aliphatic carbocycles. The van der Waals surface area contributed by atoms with Crippen LogP contribution in [0.15, 0.2) is 42.5 Å². The van der Waals surface area contributed by atoms with Crippen LogP contribution in [-0.4, -0.2) is 47.4 Å². The van der Waals surface area contributed by atoms with E-state index in [1.54, 1.807) is 6.92 Å². The second kappa shape index (κ2) is 11.6. The summed E-state index contributed by atoms with van der Waals surface area (Å²) in [4.78, 5) is 37.2. The number of nitrogens with zero attached hydrogens (tertiary/aromatic N) is 3. The maximum Gasteiger partial charge on any atom is 0.415 e. The van der Waals surface area contributed by atoms with E-state index in [4.69, 9.17) is 4.74 Å². The van der Waals surface area contributed by atoms with Crippen molar-refractivity contribution in [1.82, 2.24) is 0 Å². The molecule has 3 rings (SSSR count). The van der Waals surface area contributed by atoms with Crippen LogP contribution in [-0.2, 0) is 17.8 Å². The summed E-state index contributed by atoms with van der Waals surface area (Å²) in [6.07, 6.45) is -0.596. The quantitative estimate of drug-likeness (QED) is 0.188. The van der Waals surface area contributed by atoms with Crippen LogP contribution in [0.5, 0.6) is 0 Å². The predicted octanol–water partition coefficient (Wildman–Crippen LogP) is 5.93. The molecule has 1 aromatic heterocycles. The van der Waals surface area contributed by atoms with E-state index in [-0.39, 0.29) is 34.3 Å². The van der Waals surface area contributed by atoms with E-state index in [0.29, 0.717) is 12.0 Å². The van der Waals surface area contributed by atoms with Crippen LogP contribution in [0.2, 0.25) is 0 Å². The van der Waals surface area contributed by atoms with Crippen molar-refractivity contribution >= 4 is 34.1 Å². The number of hydrogen-bond donors (Lipinski definition) is 1. The second-order valence-electron chi connectivity index (χ2n) is 8.83. The number of thiophene rings is 1. The Bertz CT molecular complexity index is 1330. The van der Waals surface area contributed by atoms with Gasteiger partial charge in [-0.3, -0.25) is 15.0 Å². The van der Waals surface area contributed by atoms with Crippen LogP contribution < -0.4 is 4.90 Å². The number of halogens is 2. The van der Waals surface area contributed by atoms with Gasteiger partial charge in [0.25, 0.3) is 5.69 Å². The normalized spacial score (nSPS) is 11.3. The number of carboxylic acids is 1. The van der Waals surface area contributed by atoms with Crippen LogP contribution >= 0.6 is 11.3 Å². The Hall–Kier alpha value is -3.94. The highest BCUT2D eigenvalue weighted by molar-refractivity contribution is 7.20. The first-order chi connectivity index (χ1) is 17.8. The summed E-state index contributed by atoms with van der Waals surface area (Å²) in [7, 11) is 2.59. The van der Waals surface area contributed by atoms with Crippen LogP contribution in [0.3, 0.4) is 0 Å². The molecule has 0 saturated carbocycles. The fourth-order valence-corrected chi connectivity index (χ4v) is 4.99. The second-order valence-corrected chi connectivity index (χ2v) is 9.83. The monoisotopic (exact) mass is 549 g/mol. The van der Waals surface area contributed by atoms with Gasteiger partial charge in [0.1, 0.15) is 28.7 Å². The molecule has 0 aliphatic rings. The number of carbonyl (C=O) groups is 2. The van der Waals surface area contributed by atoms with E-state index in [1.165, 1.54) is 38.4 Å². The van der Waals surface area contributed by atoms with Crippen molar-refractivity contribution < 1.29 is 37.8 Å². The number of ether oxygens (including phenoxy) is 1. The first kappa shape index (κ1) is 28.6. The molecule has 0 atom stereocenters. The minimum atomic E-state index is -1.48. The summed E-state index contributed by atoms with van der Waals surface area (Å²) in [5.74, 6) is -3.37. The third kappa shape index (κ3) is 6.49. The average molecular weight is 550 g/mol. The van der Waals surface area contributed by atoms with Gasteiger partial charge in [-0.05, 0) is 36.2 Å². The Morgan fingerprint density at radius 1 is 1.11 bits per heavy atom. The zero-order valence-corrected chi connectivity index (χ0v) is 21.6. The molecule has 202 valence electrons. The average Bonchev–Trinajstić information content (AvgIpc) is 3.19. The number of quaternary nitrogens is 1. The Kier molecular flexibility index (Phi) is 8.76. The number of non-ortho nitro benzene ring substituents is 1. The van der Waals surface area contributed by atoms with Crippen molar-refractivity contribution in [3.05, 3.63) is 86.1 Å². The predicted molar refractivity (Wildman–Crippen MR) is 137 cm³/mol. The van der Waals surface area contributed by atoms with E-state index < -0.39 is 50.9 Å². The summed E-state index contributed by atoms with van der Waals surface area (Å²) < 4.78 is 33.4. The van der Waals surface area contributed by atoms with Crippen molar-refractivity contribution in [2.75, 3.05) is 25.6 Å². The van der Waals surface area contributed by atoms with Gasteiger partial charge in [0, 0.05) is 28.1 Å². The van der Waals surface area contributed by atoms with Gasteiger partial charge < -0.3 is 19.7 Å². The number of carbonyl (C=O) groups excluding carboxylic acids is 1. The number of hydroxylamine groups is 3. The maximum atomic E-state index is 14.5. The topological polar surface area (TPSA) is 133 Å². The fraction of sp³-hybridized carbons (Fsp3) is 0.280. The highest BCUT2D eigenvalue weighted by atomic mass is 32.1. The molecular weight excluding hydrogens is 524 g/mol. The number of aromatic carboxylic acids is 1. The minimum Gasteiger partial charge on any atom is -0.633 e. The SMILES string of the molecule is CCCOC(=O)N(Cc1c(F)cccc1F)c1sc(-c2ccc([N+](=O)[O-])cc2)c(C[N+](C)(C)[O-])c1C(=O)O. The maximum absolute atomic E-state index is 14.5. The molecule has 0 aliphatic heterocycles. The van der Waals surface area contributed by atoms with Crippen LogP contribution in [0.1, 0.15) is 34.8 Å². The molecule has 0 radical (unpaired) electrons. The number of nitro benzene ring substituents is 1. The van der Waals surface area contributed by atoms with E-state index >= 15 is 0 Å². The molecule has 0 bridgehead atoms. The number of anilines is 1. The Morgan fingerprint density at radius 2 is 1.71 bits per heavy atom. The molecule has 3 aromatic rings. The Labute approximate surface area is 220 Å². The Balaban J connectivity index is 2.28. The van der Waals surface area contributed by atoms with Gasteiger partial charge in [-0.25, -0.2) is 18.4 Å². The van der Waals surface area contributed by atoms with Gasteiger partial charge >= 0.3 is 12.1 Å². The van der Waals surface area contributed by atoms with Crippen molar-refractivity contribution in [3.8, 4) is 10.4 Å². The molecular formula is C25H25F2N3O7S. The largest absolute Gasteiger partial charge is 0.633 e. The third-order valence-corrected chi connectivity index (χ3v) is 6.66. The van der Waals surface area contributed by atoms with Gasteiger partial charge in [0.05, 0.1) is 32.2 Å². The van der Waals surface area contributed by atoms with Gasteiger partial charge in [0.2, 0.25) is 0 Å². The van der Waals surface area contributed by atoms with Crippen LogP contribution in [0.25, 0.3) is 10.4 Å². The van der Waals surface area contributed by atoms with E-state index in [2.05, 4.69) is 0 Å². The van der Waals surface area contributed by atoms with Crippen LogP contribution in [0, 0.1) is 27.0 Å². The number of hydrogen-bond acceptors (Lipinski definition) is 7. The molecule has 1 amide bonds. The Morgan fingerprint density at radius 3 is 2.21 bits per heavy atom. The number of amides is 1. The molecule has 1 N–H and O–H groups in total. The first-order valence-electron chi connectivity index (χ1n) is 11.4. The number of carboxylic acid groups (broad SMARTS) is 1. The molecule has 0 saturated heterocycles. The lowest BCUT2D eigenvalue weighted by molar-refractivity contribution is -0.853. The fourth-order valence-electron chi connectivity index (χ4n) is 3.69. The van der Waals surface area contributed by atoms with Crippen molar-refractivity contribution in [1.29, 1.82) is 0 Å². The van der Waals surface area contributed by atoms with Gasteiger partial charge in [-0.15, -0.1) is 11.3 Å². The van der Waals surface area contributed by atoms with Gasteiger partial charge in [-0.2, -0.15) is 0 Å². The number of rotatable bonds is 10. The molecule has 0 spiro atoms. The summed E-state index contributed by atoms with van der Waals surface area (Å²) >= 11 is 0.804. The summed E-state index contributed by atoms with van der Waals surface area (Å²) in [5, 5.41) is 33.7. The summed E-state index contributed by atoms with van der Waals surface area (Å²) in [6.45, 7) is 0.684. The lowest BCUT2D eigenvalue weighted by Gasteiger charge is -2.34. The number of nitro groups is 1. The molecule has 2 aromatic carbocycles. The summed E-state index contributed by atoms with van der Waals surface area (Å²) in [6, 6.07) is 8.39. The molecule has 38 heavy (non-hydrogen) atoms. The molecule has 0 fully saturated rings. The van der Waals surface area contributed by atoms with Gasteiger partial charge in [0.15, 0.2) is 0 Å². The number of benzene rings is 2. The van der Waals surface area contributed by atoms with Crippen LogP contribution in [0.4, 0.5) is 24.3 Å². The van der Waals surface area contributed by atoms with E-state index in [0.717, 1.165) is 34.4 Å². The highest BCUT2D eigenvalue weighted by Gasteiger charge is 2.33. The van der Waals surface area contributed by atoms with Crippen molar-refractivity contribution in [2.45, 2.75) is 26.4 Å². The lowest BCUT2D eigenvalue weighted by Crippen LogP contribution is -2.34. The summed E-state index contributed by atoms with van der Waals surface area (Å²) in [5.41, 5.74) is -0.671. The van der Waals surface area contributed by atoms with E-state index in [1.807, 2.05) is 0 Å². The lowest BCUT2D eigenvalue weighted by atomic mass is 10.0. The molecule has 1 heterocycles. The van der Waals surface area contributed by atoms with Gasteiger partial charge in [-0.1, -0.05) is 13.0 Å². The zero-order valence-electron chi connectivity index (χ0n) is 20.8. The zero-order chi connectivity index (χ0) is 28.2.